The highest BCUT2D eigenvalue weighted by atomic mass is 16.5. The maximum absolute atomic E-state index is 10.6. The molecular formula is C12H19NO4. The third kappa shape index (κ3) is 4.58. The minimum absolute atomic E-state index is 0.0362. The van der Waals surface area contributed by atoms with Gasteiger partial charge in [0.05, 0.1) is 12.1 Å². The standard InChI is InChI=1S/C12H19NO4/c1-4-16-12(2,3)8-13-7-9-5-6-10(17-9)11(14)15/h5-6,13H,4,7-8H2,1-3H3,(H,14,15). The predicted molar refractivity (Wildman–Crippen MR) is 63.1 cm³/mol. The van der Waals surface area contributed by atoms with Crippen molar-refractivity contribution < 1.29 is 19.1 Å². The van der Waals surface area contributed by atoms with Gasteiger partial charge in [-0.15, -0.1) is 0 Å². The molecule has 1 aromatic rings. The van der Waals surface area contributed by atoms with Gasteiger partial charge in [-0.2, -0.15) is 0 Å². The Bertz CT molecular complexity index is 370. The lowest BCUT2D eigenvalue weighted by Crippen LogP contribution is -2.37. The van der Waals surface area contributed by atoms with Crippen LogP contribution in [0.15, 0.2) is 16.5 Å². The lowest BCUT2D eigenvalue weighted by atomic mass is 10.1. The molecule has 17 heavy (non-hydrogen) atoms. The molecule has 0 aromatic carbocycles. The van der Waals surface area contributed by atoms with E-state index in [2.05, 4.69) is 5.32 Å². The number of hydrogen-bond acceptors (Lipinski definition) is 4. The Morgan fingerprint density at radius 2 is 2.24 bits per heavy atom. The van der Waals surface area contributed by atoms with Gasteiger partial charge < -0.3 is 19.6 Å². The van der Waals surface area contributed by atoms with E-state index in [0.717, 1.165) is 0 Å². The van der Waals surface area contributed by atoms with Crippen LogP contribution in [0.3, 0.4) is 0 Å². The summed E-state index contributed by atoms with van der Waals surface area (Å²) in [5.74, 6) is -0.480. The van der Waals surface area contributed by atoms with Crippen LogP contribution < -0.4 is 5.32 Å². The van der Waals surface area contributed by atoms with E-state index in [1.54, 1.807) is 6.07 Å². The summed E-state index contributed by atoms with van der Waals surface area (Å²) < 4.78 is 10.6. The van der Waals surface area contributed by atoms with E-state index in [0.29, 0.717) is 25.5 Å². The van der Waals surface area contributed by atoms with Crippen molar-refractivity contribution in [2.45, 2.75) is 32.9 Å². The largest absolute Gasteiger partial charge is 0.475 e. The molecule has 0 radical (unpaired) electrons. The van der Waals surface area contributed by atoms with Gasteiger partial charge in [-0.05, 0) is 32.9 Å². The van der Waals surface area contributed by atoms with Crippen molar-refractivity contribution in [2.75, 3.05) is 13.2 Å². The second-order valence-corrected chi connectivity index (χ2v) is 4.37. The van der Waals surface area contributed by atoms with E-state index in [-0.39, 0.29) is 11.4 Å². The van der Waals surface area contributed by atoms with Crippen molar-refractivity contribution in [2.24, 2.45) is 0 Å². The highest BCUT2D eigenvalue weighted by Crippen LogP contribution is 2.10. The van der Waals surface area contributed by atoms with Gasteiger partial charge in [-0.3, -0.25) is 0 Å². The number of rotatable bonds is 7. The van der Waals surface area contributed by atoms with Crippen molar-refractivity contribution in [3.8, 4) is 0 Å². The Morgan fingerprint density at radius 1 is 1.53 bits per heavy atom. The molecule has 0 aliphatic carbocycles. The highest BCUT2D eigenvalue weighted by Gasteiger charge is 2.17. The molecule has 0 amide bonds. The number of carboxylic acid groups (broad SMARTS) is 1. The van der Waals surface area contributed by atoms with Crippen LogP contribution in [0.4, 0.5) is 0 Å². The smallest absolute Gasteiger partial charge is 0.371 e. The van der Waals surface area contributed by atoms with Gasteiger partial charge in [0.25, 0.3) is 0 Å². The number of ether oxygens (including phenoxy) is 1. The van der Waals surface area contributed by atoms with Crippen LogP contribution in [0.2, 0.25) is 0 Å². The summed E-state index contributed by atoms with van der Waals surface area (Å²) in [6, 6.07) is 3.11. The zero-order valence-electron chi connectivity index (χ0n) is 10.4. The van der Waals surface area contributed by atoms with E-state index < -0.39 is 5.97 Å². The summed E-state index contributed by atoms with van der Waals surface area (Å²) >= 11 is 0. The quantitative estimate of drug-likeness (QED) is 0.762. The zero-order valence-corrected chi connectivity index (χ0v) is 10.4. The Hall–Kier alpha value is -1.33. The van der Waals surface area contributed by atoms with Crippen molar-refractivity contribution >= 4 is 5.97 Å². The normalized spacial score (nSPS) is 11.7. The Morgan fingerprint density at radius 3 is 2.76 bits per heavy atom. The first-order valence-corrected chi connectivity index (χ1v) is 5.61. The van der Waals surface area contributed by atoms with Crippen LogP contribution >= 0.6 is 0 Å². The molecule has 1 aromatic heterocycles. The van der Waals surface area contributed by atoms with E-state index in [4.69, 9.17) is 14.3 Å². The summed E-state index contributed by atoms with van der Waals surface area (Å²) in [5, 5.41) is 11.9. The molecule has 0 saturated heterocycles. The van der Waals surface area contributed by atoms with Crippen LogP contribution in [0, 0.1) is 0 Å². The fraction of sp³-hybridized carbons (Fsp3) is 0.583. The topological polar surface area (TPSA) is 71.7 Å². The van der Waals surface area contributed by atoms with Crippen molar-refractivity contribution in [1.29, 1.82) is 0 Å². The molecule has 0 atom stereocenters. The first-order valence-electron chi connectivity index (χ1n) is 5.61. The fourth-order valence-corrected chi connectivity index (χ4v) is 1.52. The maximum atomic E-state index is 10.6. The van der Waals surface area contributed by atoms with E-state index in [9.17, 15) is 4.79 Å². The molecule has 1 rings (SSSR count). The minimum atomic E-state index is -1.05. The molecule has 0 aliphatic heterocycles. The Kier molecular flexibility index (Phi) is 4.72. The number of hydrogen-bond donors (Lipinski definition) is 2. The minimum Gasteiger partial charge on any atom is -0.475 e. The summed E-state index contributed by atoms with van der Waals surface area (Å²) in [5.41, 5.74) is -0.239. The third-order valence-electron chi connectivity index (χ3n) is 2.26. The highest BCUT2D eigenvalue weighted by molar-refractivity contribution is 5.84. The molecule has 0 aliphatic rings. The lowest BCUT2D eigenvalue weighted by Gasteiger charge is -2.24. The summed E-state index contributed by atoms with van der Waals surface area (Å²) in [4.78, 5) is 10.6. The lowest BCUT2D eigenvalue weighted by molar-refractivity contribution is -0.00923. The van der Waals surface area contributed by atoms with Crippen LogP contribution in [0.1, 0.15) is 37.1 Å². The molecule has 5 heteroatoms. The van der Waals surface area contributed by atoms with Gasteiger partial charge in [0, 0.05) is 13.2 Å². The summed E-state index contributed by atoms with van der Waals surface area (Å²) in [6.07, 6.45) is 0. The molecule has 96 valence electrons. The average molecular weight is 241 g/mol. The van der Waals surface area contributed by atoms with Crippen LogP contribution in [-0.4, -0.2) is 29.8 Å². The monoisotopic (exact) mass is 241 g/mol. The van der Waals surface area contributed by atoms with Gasteiger partial charge in [-0.25, -0.2) is 4.79 Å². The van der Waals surface area contributed by atoms with Gasteiger partial charge in [-0.1, -0.05) is 0 Å². The summed E-state index contributed by atoms with van der Waals surface area (Å²) in [7, 11) is 0. The molecule has 2 N–H and O–H groups in total. The average Bonchev–Trinajstić information content (AvgIpc) is 2.66. The molecular weight excluding hydrogens is 222 g/mol. The van der Waals surface area contributed by atoms with Crippen LogP contribution in [0.25, 0.3) is 0 Å². The number of carboxylic acids is 1. The van der Waals surface area contributed by atoms with E-state index in [1.807, 2.05) is 20.8 Å². The van der Waals surface area contributed by atoms with Gasteiger partial charge >= 0.3 is 5.97 Å². The zero-order chi connectivity index (χ0) is 12.9. The van der Waals surface area contributed by atoms with Crippen molar-refractivity contribution in [3.05, 3.63) is 23.7 Å². The van der Waals surface area contributed by atoms with E-state index in [1.165, 1.54) is 6.07 Å². The van der Waals surface area contributed by atoms with Gasteiger partial charge in [0.2, 0.25) is 5.76 Å². The fourth-order valence-electron chi connectivity index (χ4n) is 1.52. The molecule has 0 bridgehead atoms. The first kappa shape index (κ1) is 13.7. The SMILES string of the molecule is CCOC(C)(C)CNCc1ccc(C(=O)O)o1. The van der Waals surface area contributed by atoms with Crippen molar-refractivity contribution in [3.63, 3.8) is 0 Å². The molecule has 1 heterocycles. The van der Waals surface area contributed by atoms with E-state index >= 15 is 0 Å². The number of furan rings is 1. The third-order valence-corrected chi connectivity index (χ3v) is 2.26. The van der Waals surface area contributed by atoms with Crippen molar-refractivity contribution in [1.82, 2.24) is 5.32 Å². The molecule has 0 spiro atoms. The second-order valence-electron chi connectivity index (χ2n) is 4.37. The van der Waals surface area contributed by atoms with Gasteiger partial charge in [0.1, 0.15) is 5.76 Å². The van der Waals surface area contributed by atoms with Gasteiger partial charge in [0.15, 0.2) is 0 Å². The molecule has 0 unspecified atom stereocenters. The Balaban J connectivity index is 2.38. The van der Waals surface area contributed by atoms with Crippen LogP contribution in [0.5, 0.6) is 0 Å². The number of aromatic carboxylic acids is 1. The molecule has 0 saturated carbocycles. The first-order chi connectivity index (χ1) is 7.94. The summed E-state index contributed by atoms with van der Waals surface area (Å²) in [6.45, 7) is 7.77. The maximum Gasteiger partial charge on any atom is 0.371 e. The molecule has 5 nitrogen and oxygen atoms in total. The van der Waals surface area contributed by atoms with Crippen LogP contribution in [-0.2, 0) is 11.3 Å². The second kappa shape index (κ2) is 5.84. The number of nitrogens with one attached hydrogen (secondary N) is 1. The molecule has 0 fully saturated rings. The number of carbonyl (C=O) groups is 1. The Labute approximate surface area is 101 Å². The predicted octanol–water partition coefficient (Wildman–Crippen LogP) is 1.88.